The molecule has 1 aromatic carbocycles. The zero-order chi connectivity index (χ0) is 20.6. The number of para-hydroxylation sites is 1. The summed E-state index contributed by atoms with van der Waals surface area (Å²) in [5, 5.41) is 3.09. The fourth-order valence-electron chi connectivity index (χ4n) is 3.65. The first kappa shape index (κ1) is 20.9. The molecule has 8 nitrogen and oxygen atoms in total. The fourth-order valence-corrected chi connectivity index (χ4v) is 4.35. The van der Waals surface area contributed by atoms with Crippen molar-refractivity contribution in [2.45, 2.75) is 6.54 Å². The highest BCUT2D eigenvalue weighted by Crippen LogP contribution is 2.20. The van der Waals surface area contributed by atoms with E-state index in [1.54, 1.807) is 11.3 Å². The molecule has 0 bridgehead atoms. The maximum atomic E-state index is 6.29. The van der Waals surface area contributed by atoms with Crippen LogP contribution in [-0.2, 0) is 11.3 Å². The number of nitrogens with two attached hydrogens (primary N) is 1. The number of anilines is 1. The molecule has 1 aromatic heterocycles. The number of morpholine rings is 1. The van der Waals surface area contributed by atoms with Gasteiger partial charge in [0.1, 0.15) is 12.4 Å². The van der Waals surface area contributed by atoms with Gasteiger partial charge in [0, 0.05) is 63.0 Å². The van der Waals surface area contributed by atoms with Gasteiger partial charge in [-0.25, -0.2) is 9.98 Å². The molecule has 9 heteroatoms. The Morgan fingerprint density at radius 1 is 1.13 bits per heavy atom. The molecule has 2 saturated heterocycles. The molecule has 2 aromatic rings. The minimum absolute atomic E-state index is 0.520. The number of ether oxygens (including phenoxy) is 2. The third kappa shape index (κ3) is 5.62. The standard InChI is InChI=1S/C21H30N6O2S/c22-20(26-6-8-27(9-7-26)21-23-5-16-30-21)24-17-18-3-1-2-4-19(18)29-15-12-25-10-13-28-14-11-25/h1-5,16H,6-15,17H2,(H2,22,24). The SMILES string of the molecule is NC(=NCc1ccccc1OCCN1CCOCC1)N1CCN(c2nccs2)CC1. The number of aliphatic imine (C=N–C) groups is 1. The number of guanidine groups is 1. The van der Waals surface area contributed by atoms with Gasteiger partial charge in [-0.3, -0.25) is 4.90 Å². The predicted octanol–water partition coefficient (Wildman–Crippen LogP) is 1.49. The van der Waals surface area contributed by atoms with Gasteiger partial charge in [-0.1, -0.05) is 18.2 Å². The number of aromatic nitrogens is 1. The second-order valence-corrected chi connectivity index (χ2v) is 8.25. The molecule has 2 N–H and O–H groups in total. The second-order valence-electron chi connectivity index (χ2n) is 7.37. The molecule has 0 saturated carbocycles. The topological polar surface area (TPSA) is 79.5 Å². The monoisotopic (exact) mass is 430 g/mol. The van der Waals surface area contributed by atoms with E-state index in [1.807, 2.05) is 29.8 Å². The number of thiazole rings is 1. The molecule has 162 valence electrons. The Balaban J connectivity index is 1.27. The summed E-state index contributed by atoms with van der Waals surface area (Å²) in [6.45, 7) is 9.18. The van der Waals surface area contributed by atoms with Gasteiger partial charge in [0.2, 0.25) is 0 Å². The van der Waals surface area contributed by atoms with E-state index in [-0.39, 0.29) is 0 Å². The van der Waals surface area contributed by atoms with Crippen LogP contribution >= 0.6 is 11.3 Å². The van der Waals surface area contributed by atoms with Gasteiger partial charge in [0.25, 0.3) is 0 Å². The normalized spacial score (nSPS) is 18.6. The Labute approximate surface area is 181 Å². The van der Waals surface area contributed by atoms with Gasteiger partial charge in [0.15, 0.2) is 11.1 Å². The molecular weight excluding hydrogens is 400 g/mol. The Kier molecular flexibility index (Phi) is 7.39. The highest BCUT2D eigenvalue weighted by molar-refractivity contribution is 7.13. The summed E-state index contributed by atoms with van der Waals surface area (Å²) < 4.78 is 11.4. The van der Waals surface area contributed by atoms with Crippen molar-refractivity contribution < 1.29 is 9.47 Å². The Morgan fingerprint density at radius 3 is 2.70 bits per heavy atom. The zero-order valence-electron chi connectivity index (χ0n) is 17.3. The molecule has 4 rings (SSSR count). The third-order valence-electron chi connectivity index (χ3n) is 5.45. The van der Waals surface area contributed by atoms with Crippen LogP contribution in [0.4, 0.5) is 5.13 Å². The van der Waals surface area contributed by atoms with Crippen molar-refractivity contribution in [3.63, 3.8) is 0 Å². The van der Waals surface area contributed by atoms with E-state index >= 15 is 0 Å². The predicted molar refractivity (Wildman–Crippen MR) is 120 cm³/mol. The van der Waals surface area contributed by atoms with Crippen LogP contribution in [0, 0.1) is 0 Å². The molecular formula is C21H30N6O2S. The summed E-state index contributed by atoms with van der Waals surface area (Å²) in [6.07, 6.45) is 1.85. The zero-order valence-corrected chi connectivity index (χ0v) is 18.1. The molecule has 0 aliphatic carbocycles. The first-order valence-electron chi connectivity index (χ1n) is 10.5. The van der Waals surface area contributed by atoms with Crippen molar-refractivity contribution in [2.24, 2.45) is 10.7 Å². The van der Waals surface area contributed by atoms with Crippen LogP contribution in [0.5, 0.6) is 5.75 Å². The van der Waals surface area contributed by atoms with Crippen molar-refractivity contribution >= 4 is 22.4 Å². The van der Waals surface area contributed by atoms with E-state index in [0.29, 0.717) is 19.1 Å². The lowest BCUT2D eigenvalue weighted by Gasteiger charge is -2.35. The van der Waals surface area contributed by atoms with Crippen LogP contribution in [0.15, 0.2) is 40.8 Å². The molecule has 0 spiro atoms. The molecule has 2 fully saturated rings. The smallest absolute Gasteiger partial charge is 0.191 e. The van der Waals surface area contributed by atoms with Gasteiger partial charge in [-0.15, -0.1) is 11.3 Å². The summed E-state index contributed by atoms with van der Waals surface area (Å²) in [7, 11) is 0. The van der Waals surface area contributed by atoms with E-state index in [0.717, 1.165) is 75.5 Å². The van der Waals surface area contributed by atoms with E-state index in [1.165, 1.54) is 0 Å². The van der Waals surface area contributed by atoms with Crippen LogP contribution in [0.25, 0.3) is 0 Å². The van der Waals surface area contributed by atoms with Gasteiger partial charge in [0.05, 0.1) is 19.8 Å². The molecule has 0 atom stereocenters. The molecule has 2 aliphatic rings. The first-order valence-corrected chi connectivity index (χ1v) is 11.4. The highest BCUT2D eigenvalue weighted by atomic mass is 32.1. The minimum atomic E-state index is 0.520. The van der Waals surface area contributed by atoms with E-state index in [4.69, 9.17) is 15.2 Å². The number of piperazine rings is 1. The van der Waals surface area contributed by atoms with Gasteiger partial charge < -0.3 is 25.0 Å². The lowest BCUT2D eigenvalue weighted by atomic mass is 10.2. The summed E-state index contributed by atoms with van der Waals surface area (Å²) in [5.74, 6) is 1.48. The molecule has 0 radical (unpaired) electrons. The molecule has 2 aliphatic heterocycles. The highest BCUT2D eigenvalue weighted by Gasteiger charge is 2.20. The molecule has 0 amide bonds. The van der Waals surface area contributed by atoms with Crippen molar-refractivity contribution in [1.82, 2.24) is 14.8 Å². The second kappa shape index (κ2) is 10.6. The lowest BCUT2D eigenvalue weighted by Crippen LogP contribution is -2.51. The Morgan fingerprint density at radius 2 is 1.93 bits per heavy atom. The third-order valence-corrected chi connectivity index (χ3v) is 6.28. The number of nitrogens with zero attached hydrogens (tertiary/aromatic N) is 5. The van der Waals surface area contributed by atoms with Crippen LogP contribution in [0.3, 0.4) is 0 Å². The van der Waals surface area contributed by atoms with Crippen LogP contribution in [0.1, 0.15) is 5.56 Å². The maximum Gasteiger partial charge on any atom is 0.191 e. The van der Waals surface area contributed by atoms with Gasteiger partial charge >= 0.3 is 0 Å². The van der Waals surface area contributed by atoms with Gasteiger partial charge in [-0.2, -0.15) is 0 Å². The van der Waals surface area contributed by atoms with E-state index < -0.39 is 0 Å². The largest absolute Gasteiger partial charge is 0.492 e. The average Bonchev–Trinajstić information content (AvgIpc) is 3.34. The number of rotatable bonds is 7. The Hall–Kier alpha value is -2.36. The number of hydrogen-bond acceptors (Lipinski definition) is 7. The Bertz CT molecular complexity index is 802. The summed E-state index contributed by atoms with van der Waals surface area (Å²) in [5.41, 5.74) is 7.35. The quantitative estimate of drug-likeness (QED) is 0.527. The van der Waals surface area contributed by atoms with E-state index in [2.05, 4.69) is 30.7 Å². The summed E-state index contributed by atoms with van der Waals surface area (Å²) >= 11 is 1.68. The number of benzene rings is 1. The van der Waals surface area contributed by atoms with Crippen LogP contribution in [0.2, 0.25) is 0 Å². The minimum Gasteiger partial charge on any atom is -0.492 e. The van der Waals surface area contributed by atoms with Gasteiger partial charge in [-0.05, 0) is 6.07 Å². The first-order chi connectivity index (χ1) is 14.8. The molecule has 30 heavy (non-hydrogen) atoms. The average molecular weight is 431 g/mol. The maximum absolute atomic E-state index is 6.29. The van der Waals surface area contributed by atoms with E-state index in [9.17, 15) is 0 Å². The molecule has 0 unspecified atom stereocenters. The van der Waals surface area contributed by atoms with Crippen molar-refractivity contribution in [3.8, 4) is 5.75 Å². The molecule has 3 heterocycles. The van der Waals surface area contributed by atoms with Crippen LogP contribution < -0.4 is 15.4 Å². The van der Waals surface area contributed by atoms with Crippen molar-refractivity contribution in [2.75, 3.05) is 70.5 Å². The van der Waals surface area contributed by atoms with Crippen LogP contribution in [-0.4, -0.2) is 86.4 Å². The van der Waals surface area contributed by atoms with Crippen molar-refractivity contribution in [3.05, 3.63) is 41.4 Å². The lowest BCUT2D eigenvalue weighted by molar-refractivity contribution is 0.0322. The fraction of sp³-hybridized carbons (Fsp3) is 0.524. The number of hydrogen-bond donors (Lipinski definition) is 1. The summed E-state index contributed by atoms with van der Waals surface area (Å²) in [6, 6.07) is 8.08. The van der Waals surface area contributed by atoms with Crippen molar-refractivity contribution in [1.29, 1.82) is 0 Å². The summed E-state index contributed by atoms with van der Waals surface area (Å²) in [4.78, 5) is 15.8.